The minimum absolute atomic E-state index is 0.0641. The molecule has 0 unspecified atom stereocenters. The maximum Gasteiger partial charge on any atom is 0.278 e. The molecule has 2 nitrogen and oxygen atoms in total. The molecule has 3 aromatic carbocycles. The Hall–Kier alpha value is -2.58. The Balaban J connectivity index is 2.20. The van der Waals surface area contributed by atoms with Crippen molar-refractivity contribution >= 4 is 21.9 Å². The standard InChI is InChI=1S/C23H23O2/c1-14-9-16(3)22-20(11-14)21-12-15(2)10-17(4)23(21)25(22)19-7-5-18(13-24)6-8-19/h5-12,24H,13H2,1-4H3/q+1. The van der Waals surface area contributed by atoms with E-state index in [2.05, 4.69) is 68.1 Å². The lowest BCUT2D eigenvalue weighted by atomic mass is 10.0. The Kier molecular flexibility index (Phi) is 3.66. The largest absolute Gasteiger partial charge is 0.498 e. The summed E-state index contributed by atoms with van der Waals surface area (Å²) in [4.78, 5) is 0. The van der Waals surface area contributed by atoms with E-state index in [1.807, 2.05) is 12.1 Å². The second-order valence-corrected chi connectivity index (χ2v) is 7.03. The molecule has 1 aromatic heterocycles. The van der Waals surface area contributed by atoms with Crippen LogP contribution in [0.1, 0.15) is 27.8 Å². The summed E-state index contributed by atoms with van der Waals surface area (Å²) in [6.07, 6.45) is 0. The highest BCUT2D eigenvalue weighted by atomic mass is 16.6. The summed E-state index contributed by atoms with van der Waals surface area (Å²) in [7, 11) is 0. The summed E-state index contributed by atoms with van der Waals surface area (Å²) in [5.74, 6) is 1.05. The van der Waals surface area contributed by atoms with Gasteiger partial charge in [-0.15, -0.1) is 0 Å². The fourth-order valence-electron chi connectivity index (χ4n) is 3.92. The number of aryl methyl sites for hydroxylation is 4. The Morgan fingerprint density at radius 3 is 1.64 bits per heavy atom. The first-order chi connectivity index (χ1) is 12.0. The monoisotopic (exact) mass is 331 g/mol. The molecule has 0 aliphatic rings. The first kappa shape index (κ1) is 15.9. The number of fused-ring (bicyclic) bond motifs is 3. The van der Waals surface area contributed by atoms with Crippen LogP contribution in [0.15, 0.2) is 52.6 Å². The smallest absolute Gasteiger partial charge is 0.278 e. The lowest BCUT2D eigenvalue weighted by Crippen LogP contribution is -1.87. The average Bonchev–Trinajstić information content (AvgIpc) is 2.90. The SMILES string of the molecule is Cc1cc(C)c2c(c1)c1cc(C)cc(C)c1[o+]2-c1ccc(CO)cc1. The van der Waals surface area contributed by atoms with E-state index in [0.29, 0.717) is 0 Å². The highest BCUT2D eigenvalue weighted by Gasteiger charge is 2.24. The Bertz CT molecular complexity index is 1030. The van der Waals surface area contributed by atoms with E-state index in [1.165, 1.54) is 44.2 Å². The van der Waals surface area contributed by atoms with E-state index in [0.717, 1.165) is 11.3 Å². The van der Waals surface area contributed by atoms with Gasteiger partial charge in [-0.05, 0) is 80.8 Å². The minimum Gasteiger partial charge on any atom is -0.498 e. The summed E-state index contributed by atoms with van der Waals surface area (Å²) in [6.45, 7) is 8.70. The summed E-state index contributed by atoms with van der Waals surface area (Å²) in [5, 5.41) is 11.9. The first-order valence-corrected chi connectivity index (χ1v) is 8.66. The van der Waals surface area contributed by atoms with Crippen LogP contribution in [0.5, 0.6) is 0 Å². The van der Waals surface area contributed by atoms with E-state index < -0.39 is 0 Å². The second kappa shape index (κ2) is 5.75. The van der Waals surface area contributed by atoms with Crippen molar-refractivity contribution in [1.82, 2.24) is 0 Å². The van der Waals surface area contributed by atoms with Gasteiger partial charge in [0, 0.05) is 23.3 Å². The molecule has 0 amide bonds. The predicted molar refractivity (Wildman–Crippen MR) is 105 cm³/mol. The van der Waals surface area contributed by atoms with Crippen LogP contribution >= 0.6 is 0 Å². The molecule has 1 N–H and O–H groups in total. The summed E-state index contributed by atoms with van der Waals surface area (Å²) in [5.41, 5.74) is 8.35. The zero-order valence-corrected chi connectivity index (χ0v) is 15.2. The summed E-state index contributed by atoms with van der Waals surface area (Å²) in [6, 6.07) is 17.1. The van der Waals surface area contributed by atoms with Gasteiger partial charge >= 0.3 is 0 Å². The molecule has 2 heteroatoms. The molecular formula is C23H23O2+. The van der Waals surface area contributed by atoms with Gasteiger partial charge in [-0.1, -0.05) is 0 Å². The molecule has 0 fully saturated rings. The van der Waals surface area contributed by atoms with Crippen LogP contribution in [0.25, 0.3) is 27.7 Å². The summed E-state index contributed by atoms with van der Waals surface area (Å²) >= 11 is 0. The van der Waals surface area contributed by atoms with E-state index >= 15 is 0 Å². The average molecular weight is 331 g/mol. The molecule has 0 bridgehead atoms. The van der Waals surface area contributed by atoms with Crippen LogP contribution in [0.3, 0.4) is 0 Å². The third kappa shape index (κ3) is 2.45. The molecule has 126 valence electrons. The Labute approximate surface area is 148 Å². The number of rotatable bonds is 2. The Morgan fingerprint density at radius 1 is 0.720 bits per heavy atom. The molecule has 0 atom stereocenters. The number of furan rings is 1. The lowest BCUT2D eigenvalue weighted by Gasteiger charge is -2.08. The van der Waals surface area contributed by atoms with E-state index in [1.54, 1.807) is 0 Å². The molecule has 0 aliphatic heterocycles. The molecular weight excluding hydrogens is 308 g/mol. The van der Waals surface area contributed by atoms with Crippen LogP contribution in [-0.2, 0) is 6.61 Å². The Morgan fingerprint density at radius 2 is 1.20 bits per heavy atom. The van der Waals surface area contributed by atoms with Crippen LogP contribution in [-0.4, -0.2) is 5.11 Å². The molecule has 1 heterocycles. The molecule has 0 saturated carbocycles. The molecule has 4 rings (SSSR count). The van der Waals surface area contributed by atoms with Gasteiger partial charge in [-0.3, -0.25) is 0 Å². The molecule has 0 spiro atoms. The fourth-order valence-corrected chi connectivity index (χ4v) is 3.92. The predicted octanol–water partition coefficient (Wildman–Crippen LogP) is 5.99. The van der Waals surface area contributed by atoms with Crippen molar-refractivity contribution in [2.45, 2.75) is 34.3 Å². The minimum atomic E-state index is 0.0641. The number of hydrogen-bond acceptors (Lipinski definition) is 1. The number of benzene rings is 3. The van der Waals surface area contributed by atoms with Crippen LogP contribution in [0.2, 0.25) is 0 Å². The van der Waals surface area contributed by atoms with Crippen molar-refractivity contribution in [3.8, 4) is 5.75 Å². The number of hydrogen-bond donors (Lipinski definition) is 1. The van der Waals surface area contributed by atoms with Gasteiger partial charge in [-0.2, -0.15) is 0 Å². The van der Waals surface area contributed by atoms with E-state index in [4.69, 9.17) is 0 Å². The normalized spacial score (nSPS) is 11.6. The number of aliphatic hydroxyl groups is 1. The third-order valence-corrected chi connectivity index (χ3v) is 4.88. The van der Waals surface area contributed by atoms with Crippen LogP contribution in [0, 0.1) is 27.7 Å². The quantitative estimate of drug-likeness (QED) is 0.448. The number of aliphatic hydroxyl groups excluding tert-OH is 1. The van der Waals surface area contributed by atoms with Crippen LogP contribution < -0.4 is 0 Å². The fraction of sp³-hybridized carbons (Fsp3) is 0.217. The highest BCUT2D eigenvalue weighted by molar-refractivity contribution is 6.08. The third-order valence-electron chi connectivity index (χ3n) is 4.88. The van der Waals surface area contributed by atoms with Gasteiger partial charge in [0.05, 0.1) is 17.4 Å². The molecule has 4 aromatic rings. The topological polar surface area (TPSA) is 22.9 Å². The molecule has 25 heavy (non-hydrogen) atoms. The highest BCUT2D eigenvalue weighted by Crippen LogP contribution is 2.42. The van der Waals surface area contributed by atoms with Gasteiger partial charge in [0.25, 0.3) is 16.9 Å². The van der Waals surface area contributed by atoms with Gasteiger partial charge in [0.1, 0.15) is 0 Å². The van der Waals surface area contributed by atoms with Gasteiger partial charge in [0.2, 0.25) is 0 Å². The maximum absolute atomic E-state index is 9.34. The van der Waals surface area contributed by atoms with Crippen molar-refractivity contribution in [3.63, 3.8) is 0 Å². The van der Waals surface area contributed by atoms with E-state index in [9.17, 15) is 5.11 Å². The zero-order valence-electron chi connectivity index (χ0n) is 15.2. The molecule has 0 aliphatic carbocycles. The van der Waals surface area contributed by atoms with Gasteiger partial charge < -0.3 is 9.15 Å². The lowest BCUT2D eigenvalue weighted by molar-refractivity contribution is 0.281. The van der Waals surface area contributed by atoms with Crippen molar-refractivity contribution in [2.24, 2.45) is 0 Å². The molecule has 0 radical (unpaired) electrons. The van der Waals surface area contributed by atoms with Crippen molar-refractivity contribution in [3.05, 3.63) is 76.3 Å². The van der Waals surface area contributed by atoms with Crippen molar-refractivity contribution < 1.29 is 9.15 Å². The van der Waals surface area contributed by atoms with Gasteiger partial charge in [-0.25, -0.2) is 0 Å². The molecule has 0 saturated heterocycles. The van der Waals surface area contributed by atoms with E-state index in [-0.39, 0.29) is 6.61 Å². The zero-order chi connectivity index (χ0) is 17.7. The first-order valence-electron chi connectivity index (χ1n) is 8.66. The second-order valence-electron chi connectivity index (χ2n) is 7.03. The summed E-state index contributed by atoms with van der Waals surface area (Å²) < 4.78 is 3.42. The van der Waals surface area contributed by atoms with Crippen molar-refractivity contribution in [1.29, 1.82) is 0 Å². The van der Waals surface area contributed by atoms with Crippen LogP contribution in [0.4, 0.5) is 0 Å². The van der Waals surface area contributed by atoms with Crippen molar-refractivity contribution in [2.75, 3.05) is 0 Å². The maximum atomic E-state index is 9.34. The van der Waals surface area contributed by atoms with Gasteiger partial charge in [0.15, 0.2) is 0 Å².